The van der Waals surface area contributed by atoms with Crippen molar-refractivity contribution >= 4 is 0 Å². The first kappa shape index (κ1) is 7.84. The van der Waals surface area contributed by atoms with Crippen LogP contribution in [-0.2, 0) is 0 Å². The Labute approximate surface area is 69.0 Å². The molecule has 0 unspecified atom stereocenters. The molecule has 3 nitrogen and oxygen atoms in total. The number of aromatic nitrogens is 1. The van der Waals surface area contributed by atoms with Crippen LogP contribution in [0.25, 0.3) is 0 Å². The second-order valence-corrected chi connectivity index (χ2v) is 6.41. The summed E-state index contributed by atoms with van der Waals surface area (Å²) < 4.78 is 6.09. The van der Waals surface area contributed by atoms with Gasteiger partial charge in [0, 0.05) is 0 Å². The normalized spacial score (nSPS) is 11.1. The minimum absolute atomic E-state index is 0.0542. The van der Waals surface area contributed by atoms with E-state index in [-0.39, 0.29) is 26.8 Å². The van der Waals surface area contributed by atoms with Crippen LogP contribution in [0.1, 0.15) is 13.8 Å². The molecule has 0 aromatic carbocycles. The summed E-state index contributed by atoms with van der Waals surface area (Å²) in [5.41, 5.74) is -0.0542. The number of H-pyrrole nitrogens is 1. The van der Waals surface area contributed by atoms with E-state index in [1.807, 2.05) is 0 Å². The zero-order valence-corrected chi connectivity index (χ0v) is 8.01. The van der Waals surface area contributed by atoms with Gasteiger partial charge in [0.2, 0.25) is 0 Å². The number of halogens is 1. The number of hydrogen-bond donors (Lipinski definition) is 1. The van der Waals surface area contributed by atoms with E-state index in [1.165, 1.54) is 6.26 Å². The fourth-order valence-corrected chi connectivity index (χ4v) is 2.56. The molecule has 0 atom stereocenters. The van der Waals surface area contributed by atoms with Crippen molar-refractivity contribution in [2.75, 3.05) is 0 Å². The third-order valence-electron chi connectivity index (χ3n) is 0.867. The van der Waals surface area contributed by atoms with Gasteiger partial charge in [-0.05, 0) is 0 Å². The van der Waals surface area contributed by atoms with Crippen LogP contribution in [0.4, 0.5) is 0 Å². The Hall–Kier alpha value is -0.260. The van der Waals surface area contributed by atoms with Crippen molar-refractivity contribution in [3.8, 4) is 0 Å². The first-order valence-electron chi connectivity index (χ1n) is 2.99. The molecule has 4 heteroatoms. The van der Waals surface area contributed by atoms with Crippen molar-refractivity contribution in [2.45, 2.75) is 17.8 Å². The Morgan fingerprint density at radius 2 is 2.40 bits per heavy atom. The van der Waals surface area contributed by atoms with Crippen LogP contribution in [-0.4, -0.2) is 9.08 Å². The number of alkyl halides is 1. The van der Waals surface area contributed by atoms with E-state index in [4.69, 9.17) is 0 Å². The molecule has 0 radical (unpaired) electrons. The predicted octanol–water partition coefficient (Wildman–Crippen LogP) is -2.37. The van der Waals surface area contributed by atoms with Crippen LogP contribution < -0.4 is 26.8 Å². The molecule has 58 valence electrons. The Morgan fingerprint density at radius 1 is 1.70 bits per heavy atom. The molecule has 1 N–H and O–H groups in total. The van der Waals surface area contributed by atoms with Crippen LogP contribution in [0.5, 0.6) is 0 Å². The van der Waals surface area contributed by atoms with Gasteiger partial charge in [-0.25, -0.2) is 0 Å². The summed E-state index contributed by atoms with van der Waals surface area (Å²) in [5.74, 6) is 0. The molecule has 1 aromatic rings. The fourth-order valence-electron chi connectivity index (χ4n) is 0.547. The standard InChI is InChI=1S/C6H9INO2/c1-4(2)7-5-3-10-8-6(5)9/h3-4H,1-2H3,(H,8,9)/q-1. The molecule has 0 fully saturated rings. The van der Waals surface area contributed by atoms with Gasteiger partial charge in [-0.15, -0.1) is 0 Å². The first-order chi connectivity index (χ1) is 4.70. The molecule has 0 aliphatic heterocycles. The molecule has 0 amide bonds. The average Bonchev–Trinajstić information content (AvgIpc) is 2.15. The number of hydrogen-bond acceptors (Lipinski definition) is 2. The Morgan fingerprint density at radius 3 is 2.80 bits per heavy atom. The van der Waals surface area contributed by atoms with E-state index < -0.39 is 0 Å². The molecule has 0 saturated heterocycles. The third kappa shape index (κ3) is 1.86. The van der Waals surface area contributed by atoms with Crippen molar-refractivity contribution < 1.29 is 25.7 Å². The van der Waals surface area contributed by atoms with E-state index in [2.05, 4.69) is 23.5 Å². The van der Waals surface area contributed by atoms with Gasteiger partial charge in [0.15, 0.2) is 0 Å². The third-order valence-corrected chi connectivity index (χ3v) is 3.53. The van der Waals surface area contributed by atoms with Crippen LogP contribution >= 0.6 is 0 Å². The van der Waals surface area contributed by atoms with Gasteiger partial charge in [0.05, 0.1) is 0 Å². The van der Waals surface area contributed by atoms with Crippen LogP contribution in [0.2, 0.25) is 0 Å². The maximum atomic E-state index is 10.8. The number of rotatable bonds is 2. The van der Waals surface area contributed by atoms with E-state index in [0.717, 1.165) is 3.57 Å². The Kier molecular flexibility index (Phi) is 2.53. The summed E-state index contributed by atoms with van der Waals surface area (Å²) in [4.78, 5) is 10.8. The van der Waals surface area contributed by atoms with Gasteiger partial charge in [0.1, 0.15) is 0 Å². The molecule has 0 spiro atoms. The molecule has 0 saturated carbocycles. The average molecular weight is 254 g/mol. The molecular weight excluding hydrogens is 245 g/mol. The summed E-state index contributed by atoms with van der Waals surface area (Å²) in [6.07, 6.45) is 1.52. The summed E-state index contributed by atoms with van der Waals surface area (Å²) in [6.45, 7) is 4.22. The zero-order valence-electron chi connectivity index (χ0n) is 5.85. The summed E-state index contributed by atoms with van der Waals surface area (Å²) >= 11 is -0.154. The monoisotopic (exact) mass is 254 g/mol. The fraction of sp³-hybridized carbons (Fsp3) is 0.500. The van der Waals surface area contributed by atoms with Gasteiger partial charge in [-0.1, -0.05) is 0 Å². The van der Waals surface area contributed by atoms with Crippen LogP contribution in [0.3, 0.4) is 0 Å². The molecule has 0 bridgehead atoms. The van der Waals surface area contributed by atoms with Crippen LogP contribution in [0, 0.1) is 3.57 Å². The number of aromatic amines is 1. The second-order valence-electron chi connectivity index (χ2n) is 2.14. The number of nitrogens with one attached hydrogen (secondary N) is 1. The molecule has 1 rings (SSSR count). The summed E-state index contributed by atoms with van der Waals surface area (Å²) in [5, 5.41) is 2.27. The molecule has 1 aromatic heterocycles. The quantitative estimate of drug-likeness (QED) is 0.474. The van der Waals surface area contributed by atoms with Crippen molar-refractivity contribution in [2.24, 2.45) is 0 Å². The van der Waals surface area contributed by atoms with Crippen molar-refractivity contribution in [1.82, 2.24) is 5.16 Å². The van der Waals surface area contributed by atoms with E-state index in [1.54, 1.807) is 0 Å². The van der Waals surface area contributed by atoms with E-state index >= 15 is 0 Å². The predicted molar refractivity (Wildman–Crippen MR) is 33.2 cm³/mol. The first-order valence-corrected chi connectivity index (χ1v) is 5.32. The van der Waals surface area contributed by atoms with E-state index in [9.17, 15) is 4.79 Å². The van der Waals surface area contributed by atoms with Gasteiger partial charge < -0.3 is 0 Å². The van der Waals surface area contributed by atoms with Crippen LogP contribution in [0.15, 0.2) is 15.6 Å². The Balaban J connectivity index is 2.75. The maximum absolute atomic E-state index is 10.8. The van der Waals surface area contributed by atoms with Gasteiger partial charge in [0.25, 0.3) is 0 Å². The van der Waals surface area contributed by atoms with Gasteiger partial charge in [-0.2, -0.15) is 0 Å². The zero-order chi connectivity index (χ0) is 7.56. The Bertz CT molecular complexity index is 250. The second kappa shape index (κ2) is 3.23. The molecule has 10 heavy (non-hydrogen) atoms. The SMILES string of the molecule is CC(C)[I-]c1co[nH]c1=O. The van der Waals surface area contributed by atoms with E-state index in [0.29, 0.717) is 3.92 Å². The molecule has 1 heterocycles. The minimum atomic E-state index is -0.154. The van der Waals surface area contributed by atoms with Gasteiger partial charge in [-0.3, -0.25) is 0 Å². The molecule has 0 aliphatic rings. The van der Waals surface area contributed by atoms with Crippen molar-refractivity contribution in [3.63, 3.8) is 0 Å². The molecule has 0 aliphatic carbocycles. The van der Waals surface area contributed by atoms with Crippen molar-refractivity contribution in [3.05, 3.63) is 20.2 Å². The van der Waals surface area contributed by atoms with Gasteiger partial charge >= 0.3 is 68.8 Å². The summed E-state index contributed by atoms with van der Waals surface area (Å²) in [6, 6.07) is 0. The molecular formula is C6H9INO2-. The topological polar surface area (TPSA) is 46.0 Å². The van der Waals surface area contributed by atoms with Crippen molar-refractivity contribution in [1.29, 1.82) is 0 Å². The summed E-state index contributed by atoms with van der Waals surface area (Å²) in [7, 11) is 0.